The van der Waals surface area contributed by atoms with Gasteiger partial charge in [-0.3, -0.25) is 0 Å². The number of hydrogen-bond acceptors (Lipinski definition) is 2. The van der Waals surface area contributed by atoms with Crippen LogP contribution in [0.3, 0.4) is 0 Å². The summed E-state index contributed by atoms with van der Waals surface area (Å²) >= 11 is 3.50. The van der Waals surface area contributed by atoms with Gasteiger partial charge in [-0.05, 0) is 51.0 Å². The number of nitrogens with zero attached hydrogens (tertiary/aromatic N) is 1. The molecule has 0 saturated heterocycles. The van der Waals surface area contributed by atoms with E-state index in [2.05, 4.69) is 44.1 Å². The molecule has 0 bridgehead atoms. The maximum atomic E-state index is 11.6. The Balaban J connectivity index is 2.01. The molecular formula is C16H21BrN2O2. The van der Waals surface area contributed by atoms with E-state index in [9.17, 15) is 4.79 Å². The summed E-state index contributed by atoms with van der Waals surface area (Å²) in [5.41, 5.74) is 1.93. The maximum Gasteiger partial charge on any atom is 0.407 e. The van der Waals surface area contributed by atoms with E-state index in [0.29, 0.717) is 6.54 Å². The molecule has 0 aliphatic rings. The summed E-state index contributed by atoms with van der Waals surface area (Å²) in [7, 11) is 2.03. The normalized spacial score (nSPS) is 11.7. The molecule has 2 rings (SSSR count). The number of benzene rings is 1. The molecule has 21 heavy (non-hydrogen) atoms. The minimum absolute atomic E-state index is 0.371. The van der Waals surface area contributed by atoms with Crippen molar-refractivity contribution >= 4 is 32.9 Å². The topological polar surface area (TPSA) is 43.3 Å². The fourth-order valence-corrected chi connectivity index (χ4v) is 2.62. The van der Waals surface area contributed by atoms with Gasteiger partial charge in [0.15, 0.2) is 0 Å². The molecule has 0 radical (unpaired) electrons. The molecule has 1 N–H and O–H groups in total. The number of halogens is 1. The average molecular weight is 353 g/mol. The molecule has 1 amide bonds. The molecule has 1 aromatic carbocycles. The number of alkyl carbamates (subject to hydrolysis) is 1. The van der Waals surface area contributed by atoms with E-state index in [4.69, 9.17) is 4.74 Å². The Kier molecular flexibility index (Phi) is 4.61. The molecule has 114 valence electrons. The van der Waals surface area contributed by atoms with E-state index < -0.39 is 5.60 Å². The first-order valence-corrected chi connectivity index (χ1v) is 7.76. The predicted octanol–water partition coefficient (Wildman–Crippen LogP) is 4.01. The van der Waals surface area contributed by atoms with E-state index in [1.54, 1.807) is 0 Å². The molecule has 0 aliphatic heterocycles. The Morgan fingerprint density at radius 3 is 2.76 bits per heavy atom. The number of amides is 1. The van der Waals surface area contributed by atoms with E-state index in [1.807, 2.05) is 33.9 Å². The third kappa shape index (κ3) is 4.24. The fourth-order valence-electron chi connectivity index (χ4n) is 2.26. The quantitative estimate of drug-likeness (QED) is 0.906. The number of rotatable bonds is 3. The second kappa shape index (κ2) is 6.10. The molecule has 0 spiro atoms. The zero-order valence-corrected chi connectivity index (χ0v) is 14.5. The summed E-state index contributed by atoms with van der Waals surface area (Å²) in [4.78, 5) is 11.6. The highest BCUT2D eigenvalue weighted by atomic mass is 79.9. The van der Waals surface area contributed by atoms with Gasteiger partial charge in [0.1, 0.15) is 5.60 Å². The van der Waals surface area contributed by atoms with Gasteiger partial charge in [-0.15, -0.1) is 0 Å². The second-order valence-electron chi connectivity index (χ2n) is 6.11. The number of ether oxygens (including phenoxy) is 1. The fraction of sp³-hybridized carbons (Fsp3) is 0.438. The summed E-state index contributed by atoms with van der Waals surface area (Å²) in [6.45, 7) is 6.12. The van der Waals surface area contributed by atoms with E-state index in [1.165, 1.54) is 16.5 Å². The van der Waals surface area contributed by atoms with Crippen LogP contribution in [-0.4, -0.2) is 22.8 Å². The van der Waals surface area contributed by atoms with Crippen LogP contribution in [0.1, 0.15) is 26.3 Å². The molecule has 0 saturated carbocycles. The lowest BCUT2D eigenvalue weighted by Crippen LogP contribution is -2.33. The van der Waals surface area contributed by atoms with Crippen LogP contribution in [0.4, 0.5) is 4.79 Å². The number of carbonyl (C=O) groups is 1. The average Bonchev–Trinajstić information content (AvgIpc) is 2.63. The second-order valence-corrected chi connectivity index (χ2v) is 7.02. The van der Waals surface area contributed by atoms with E-state index in [0.717, 1.165) is 10.9 Å². The Morgan fingerprint density at radius 2 is 2.10 bits per heavy atom. The minimum atomic E-state index is -0.464. The highest BCUT2D eigenvalue weighted by Crippen LogP contribution is 2.24. The molecule has 0 unspecified atom stereocenters. The Bertz CT molecular complexity index is 656. The molecule has 1 heterocycles. The van der Waals surface area contributed by atoms with Gasteiger partial charge in [-0.2, -0.15) is 0 Å². The van der Waals surface area contributed by atoms with Crippen molar-refractivity contribution in [2.24, 2.45) is 7.05 Å². The van der Waals surface area contributed by atoms with Crippen LogP contribution in [0, 0.1) is 0 Å². The van der Waals surface area contributed by atoms with Gasteiger partial charge in [0.25, 0.3) is 0 Å². The monoisotopic (exact) mass is 352 g/mol. The van der Waals surface area contributed by atoms with E-state index in [-0.39, 0.29) is 6.09 Å². The molecule has 0 atom stereocenters. The lowest BCUT2D eigenvalue weighted by molar-refractivity contribution is 0.0528. The number of hydrogen-bond donors (Lipinski definition) is 1. The lowest BCUT2D eigenvalue weighted by atomic mass is 10.1. The SMILES string of the molecule is Cn1cc(CCNC(=O)OC(C)(C)C)c2cc(Br)ccc21. The Hall–Kier alpha value is -1.49. The standard InChI is InChI=1S/C16H21BrN2O2/c1-16(2,3)21-15(20)18-8-7-11-10-19(4)14-6-5-12(17)9-13(11)14/h5-6,9-10H,7-8H2,1-4H3,(H,18,20). The third-order valence-electron chi connectivity index (χ3n) is 3.10. The zero-order chi connectivity index (χ0) is 15.6. The highest BCUT2D eigenvalue weighted by Gasteiger charge is 2.15. The van der Waals surface area contributed by atoms with Crippen molar-refractivity contribution in [3.63, 3.8) is 0 Å². The number of nitrogens with one attached hydrogen (secondary N) is 1. The Labute approximate surface area is 133 Å². The lowest BCUT2D eigenvalue weighted by Gasteiger charge is -2.19. The first kappa shape index (κ1) is 15.9. The van der Waals surface area contributed by atoms with Crippen LogP contribution in [0.5, 0.6) is 0 Å². The predicted molar refractivity (Wildman–Crippen MR) is 88.6 cm³/mol. The van der Waals surface area contributed by atoms with Crippen LogP contribution < -0.4 is 5.32 Å². The first-order valence-electron chi connectivity index (χ1n) is 6.96. The minimum Gasteiger partial charge on any atom is -0.444 e. The summed E-state index contributed by atoms with van der Waals surface area (Å²) < 4.78 is 8.38. The van der Waals surface area contributed by atoms with Gasteiger partial charge < -0.3 is 14.6 Å². The zero-order valence-electron chi connectivity index (χ0n) is 12.9. The molecule has 1 aromatic heterocycles. The molecule has 2 aromatic rings. The van der Waals surface area contributed by atoms with Gasteiger partial charge in [0, 0.05) is 35.2 Å². The maximum absolute atomic E-state index is 11.6. The van der Waals surface area contributed by atoms with Gasteiger partial charge in [-0.25, -0.2) is 4.79 Å². The number of aromatic nitrogens is 1. The largest absolute Gasteiger partial charge is 0.444 e. The van der Waals surface area contributed by atoms with Crippen molar-refractivity contribution in [1.29, 1.82) is 0 Å². The summed E-state index contributed by atoms with van der Waals surface area (Å²) in [5.74, 6) is 0. The van der Waals surface area contributed by atoms with Crippen molar-refractivity contribution in [2.45, 2.75) is 32.8 Å². The number of carbonyl (C=O) groups excluding carboxylic acids is 1. The van der Waals surface area contributed by atoms with Crippen LogP contribution in [-0.2, 0) is 18.2 Å². The van der Waals surface area contributed by atoms with Crippen molar-refractivity contribution in [3.05, 3.63) is 34.4 Å². The van der Waals surface area contributed by atoms with Crippen molar-refractivity contribution in [3.8, 4) is 0 Å². The molecule has 4 nitrogen and oxygen atoms in total. The van der Waals surface area contributed by atoms with Crippen molar-refractivity contribution < 1.29 is 9.53 Å². The molecular weight excluding hydrogens is 332 g/mol. The summed E-state index contributed by atoms with van der Waals surface area (Å²) in [6, 6.07) is 6.23. The molecule has 0 aliphatic carbocycles. The van der Waals surface area contributed by atoms with Crippen LogP contribution >= 0.6 is 15.9 Å². The number of aryl methyl sites for hydroxylation is 1. The van der Waals surface area contributed by atoms with Gasteiger partial charge in [-0.1, -0.05) is 15.9 Å². The van der Waals surface area contributed by atoms with Crippen molar-refractivity contribution in [2.75, 3.05) is 6.54 Å². The summed E-state index contributed by atoms with van der Waals surface area (Å²) in [6.07, 6.45) is 2.50. The van der Waals surface area contributed by atoms with E-state index >= 15 is 0 Å². The van der Waals surface area contributed by atoms with Crippen molar-refractivity contribution in [1.82, 2.24) is 9.88 Å². The van der Waals surface area contributed by atoms with Crippen LogP contribution in [0.15, 0.2) is 28.9 Å². The molecule has 0 fully saturated rings. The van der Waals surface area contributed by atoms with Gasteiger partial charge in [0.2, 0.25) is 0 Å². The summed E-state index contributed by atoms with van der Waals surface area (Å²) in [5, 5.41) is 4.00. The van der Waals surface area contributed by atoms with Crippen LogP contribution in [0.2, 0.25) is 0 Å². The first-order chi connectivity index (χ1) is 9.76. The number of fused-ring (bicyclic) bond motifs is 1. The highest BCUT2D eigenvalue weighted by molar-refractivity contribution is 9.10. The van der Waals surface area contributed by atoms with Crippen LogP contribution in [0.25, 0.3) is 10.9 Å². The van der Waals surface area contributed by atoms with Gasteiger partial charge >= 0.3 is 6.09 Å². The third-order valence-corrected chi connectivity index (χ3v) is 3.59. The molecule has 5 heteroatoms. The van der Waals surface area contributed by atoms with Gasteiger partial charge in [0.05, 0.1) is 0 Å². The Morgan fingerprint density at radius 1 is 1.38 bits per heavy atom. The smallest absolute Gasteiger partial charge is 0.407 e.